The van der Waals surface area contributed by atoms with Gasteiger partial charge in [-0.2, -0.15) is 0 Å². The van der Waals surface area contributed by atoms with E-state index in [2.05, 4.69) is 4.72 Å². The molecule has 0 aliphatic rings. The number of phenols is 1. The van der Waals surface area contributed by atoms with Gasteiger partial charge in [-0.3, -0.25) is 4.72 Å². The van der Waals surface area contributed by atoms with Gasteiger partial charge in [0.15, 0.2) is 0 Å². The van der Waals surface area contributed by atoms with Crippen LogP contribution in [0, 0.1) is 0 Å². The van der Waals surface area contributed by atoms with E-state index in [1.807, 2.05) is 0 Å². The third-order valence-electron chi connectivity index (χ3n) is 4.76. The number of sulfone groups is 1. The van der Waals surface area contributed by atoms with Gasteiger partial charge in [0, 0.05) is 5.02 Å². The van der Waals surface area contributed by atoms with E-state index in [1.165, 1.54) is 61.7 Å². The first kappa shape index (κ1) is 23.9. The van der Waals surface area contributed by atoms with Crippen molar-refractivity contribution < 1.29 is 26.7 Å². The molecular formula is C22H22ClNO6S2. The number of halogens is 1. The molecule has 0 heterocycles. The van der Waals surface area contributed by atoms with Crippen molar-refractivity contribution in [3.05, 3.63) is 71.2 Å². The number of sulfonamides is 1. The van der Waals surface area contributed by atoms with Crippen LogP contribution in [0.3, 0.4) is 0 Å². The standard InChI is InChI=1S/C22H22ClNO6S2/c1-14(2)20-12-16(24-32(28,29)19-10-6-17(30-3)7-11-19)13-21(22(20)25)31(26,27)18-8-4-15(23)5-9-18/h4-14,24-25H,1-3H3. The monoisotopic (exact) mass is 495 g/mol. The van der Waals surface area contributed by atoms with Crippen molar-refractivity contribution in [2.75, 3.05) is 11.8 Å². The molecule has 0 saturated heterocycles. The van der Waals surface area contributed by atoms with E-state index < -0.39 is 30.5 Å². The summed E-state index contributed by atoms with van der Waals surface area (Å²) in [4.78, 5) is -0.514. The topological polar surface area (TPSA) is 110 Å². The summed E-state index contributed by atoms with van der Waals surface area (Å²) in [6, 6.07) is 13.8. The summed E-state index contributed by atoms with van der Waals surface area (Å²) in [6.45, 7) is 3.52. The van der Waals surface area contributed by atoms with Gasteiger partial charge in [-0.15, -0.1) is 0 Å². The lowest BCUT2D eigenvalue weighted by molar-refractivity contribution is 0.414. The Morgan fingerprint density at radius 1 is 0.906 bits per heavy atom. The van der Waals surface area contributed by atoms with E-state index >= 15 is 0 Å². The third kappa shape index (κ3) is 4.85. The predicted octanol–water partition coefficient (Wildman–Crippen LogP) is 4.81. The lowest BCUT2D eigenvalue weighted by Gasteiger charge is -2.17. The summed E-state index contributed by atoms with van der Waals surface area (Å²) >= 11 is 5.85. The first-order chi connectivity index (χ1) is 15.0. The molecule has 0 spiro atoms. The average molecular weight is 496 g/mol. The molecule has 3 aromatic rings. The summed E-state index contributed by atoms with van der Waals surface area (Å²) in [5, 5.41) is 11.1. The summed E-state index contributed by atoms with van der Waals surface area (Å²) in [5.74, 6) is -0.214. The van der Waals surface area contributed by atoms with Crippen molar-refractivity contribution in [1.82, 2.24) is 0 Å². The van der Waals surface area contributed by atoms with Crippen molar-refractivity contribution in [1.29, 1.82) is 0 Å². The van der Waals surface area contributed by atoms with Crippen LogP contribution in [-0.4, -0.2) is 29.1 Å². The molecular weight excluding hydrogens is 474 g/mol. The zero-order valence-electron chi connectivity index (χ0n) is 17.5. The molecule has 7 nitrogen and oxygen atoms in total. The second-order valence-electron chi connectivity index (χ2n) is 7.31. The first-order valence-corrected chi connectivity index (χ1v) is 12.8. The van der Waals surface area contributed by atoms with Gasteiger partial charge in [-0.05, 0) is 72.1 Å². The third-order valence-corrected chi connectivity index (χ3v) is 8.19. The molecule has 0 atom stereocenters. The summed E-state index contributed by atoms with van der Waals surface area (Å²) in [6.07, 6.45) is 0. The zero-order chi connectivity index (χ0) is 23.7. The molecule has 0 radical (unpaired) electrons. The fourth-order valence-electron chi connectivity index (χ4n) is 3.04. The number of phenolic OH excluding ortho intramolecular Hbond substituents is 1. The van der Waals surface area contributed by atoms with Gasteiger partial charge >= 0.3 is 0 Å². The minimum Gasteiger partial charge on any atom is -0.506 e. The Hall–Kier alpha value is -2.75. The Labute approximate surface area is 192 Å². The number of aromatic hydroxyl groups is 1. The van der Waals surface area contributed by atoms with E-state index in [1.54, 1.807) is 13.8 Å². The van der Waals surface area contributed by atoms with E-state index in [-0.39, 0.29) is 27.0 Å². The molecule has 0 aromatic heterocycles. The maximum Gasteiger partial charge on any atom is 0.261 e. The fourth-order valence-corrected chi connectivity index (χ4v) is 5.61. The highest BCUT2D eigenvalue weighted by molar-refractivity contribution is 7.92. The number of hydrogen-bond donors (Lipinski definition) is 2. The normalized spacial score (nSPS) is 12.0. The van der Waals surface area contributed by atoms with Crippen LogP contribution >= 0.6 is 11.6 Å². The molecule has 0 unspecified atom stereocenters. The van der Waals surface area contributed by atoms with Crippen LogP contribution in [0.5, 0.6) is 11.5 Å². The Morgan fingerprint density at radius 3 is 2.00 bits per heavy atom. The highest BCUT2D eigenvalue weighted by Gasteiger charge is 2.26. The van der Waals surface area contributed by atoms with Gasteiger partial charge in [0.2, 0.25) is 9.84 Å². The largest absolute Gasteiger partial charge is 0.506 e. The van der Waals surface area contributed by atoms with Gasteiger partial charge in [-0.1, -0.05) is 25.4 Å². The van der Waals surface area contributed by atoms with Crippen LogP contribution in [0.15, 0.2) is 75.4 Å². The lowest BCUT2D eigenvalue weighted by Crippen LogP contribution is -2.14. The van der Waals surface area contributed by atoms with Crippen LogP contribution in [0.4, 0.5) is 5.69 Å². The van der Waals surface area contributed by atoms with Crippen molar-refractivity contribution in [2.45, 2.75) is 34.5 Å². The molecule has 3 rings (SSSR count). The molecule has 0 aliphatic carbocycles. The Balaban J connectivity index is 2.11. The number of methoxy groups -OCH3 is 1. The van der Waals surface area contributed by atoms with E-state index in [4.69, 9.17) is 16.3 Å². The molecule has 0 aliphatic heterocycles. The Morgan fingerprint density at radius 2 is 1.47 bits per heavy atom. The maximum absolute atomic E-state index is 13.2. The van der Waals surface area contributed by atoms with Gasteiger partial charge in [0.25, 0.3) is 10.0 Å². The smallest absolute Gasteiger partial charge is 0.261 e. The molecule has 170 valence electrons. The van der Waals surface area contributed by atoms with Crippen LogP contribution in [0.25, 0.3) is 0 Å². The van der Waals surface area contributed by atoms with Crippen LogP contribution in [0.1, 0.15) is 25.3 Å². The summed E-state index contributed by atoms with van der Waals surface area (Å²) in [5.41, 5.74) is 0.294. The second kappa shape index (κ2) is 9.01. The molecule has 32 heavy (non-hydrogen) atoms. The van der Waals surface area contributed by atoms with Crippen molar-refractivity contribution in [2.24, 2.45) is 0 Å². The van der Waals surface area contributed by atoms with E-state index in [0.29, 0.717) is 10.8 Å². The maximum atomic E-state index is 13.2. The molecule has 0 amide bonds. The van der Waals surface area contributed by atoms with Crippen molar-refractivity contribution in [3.63, 3.8) is 0 Å². The van der Waals surface area contributed by atoms with Gasteiger partial charge in [-0.25, -0.2) is 16.8 Å². The summed E-state index contributed by atoms with van der Waals surface area (Å²) in [7, 11) is -6.71. The Kier molecular flexibility index (Phi) is 6.73. The molecule has 10 heteroatoms. The fraction of sp³-hybridized carbons (Fsp3) is 0.182. The Bertz CT molecular complexity index is 1330. The van der Waals surface area contributed by atoms with Gasteiger partial charge in [0.1, 0.15) is 16.4 Å². The molecule has 3 aromatic carbocycles. The second-order valence-corrected chi connectivity index (χ2v) is 11.3. The number of nitrogens with one attached hydrogen (secondary N) is 1. The van der Waals surface area contributed by atoms with Crippen LogP contribution < -0.4 is 9.46 Å². The number of rotatable bonds is 7. The predicted molar refractivity (Wildman–Crippen MR) is 123 cm³/mol. The lowest BCUT2D eigenvalue weighted by atomic mass is 10.0. The van der Waals surface area contributed by atoms with E-state index in [9.17, 15) is 21.9 Å². The average Bonchev–Trinajstić information content (AvgIpc) is 2.74. The highest BCUT2D eigenvalue weighted by Crippen LogP contribution is 2.38. The highest BCUT2D eigenvalue weighted by atomic mass is 35.5. The van der Waals surface area contributed by atoms with E-state index in [0.717, 1.165) is 6.07 Å². The minimum atomic E-state index is -4.15. The number of hydrogen-bond acceptors (Lipinski definition) is 6. The van der Waals surface area contributed by atoms with Gasteiger partial charge < -0.3 is 9.84 Å². The molecule has 0 fully saturated rings. The zero-order valence-corrected chi connectivity index (χ0v) is 19.9. The van der Waals surface area contributed by atoms with Crippen LogP contribution in [0.2, 0.25) is 5.02 Å². The van der Waals surface area contributed by atoms with Crippen molar-refractivity contribution >= 4 is 37.1 Å². The molecule has 0 saturated carbocycles. The number of ether oxygens (including phenoxy) is 1. The SMILES string of the molecule is COc1ccc(S(=O)(=O)Nc2cc(C(C)C)c(O)c(S(=O)(=O)c3ccc(Cl)cc3)c2)cc1. The molecule has 0 bridgehead atoms. The van der Waals surface area contributed by atoms with Crippen molar-refractivity contribution in [3.8, 4) is 11.5 Å². The van der Waals surface area contributed by atoms with Crippen LogP contribution in [-0.2, 0) is 19.9 Å². The minimum absolute atomic E-state index is 0.00913. The quantitative estimate of drug-likeness (QED) is 0.455. The van der Waals surface area contributed by atoms with Gasteiger partial charge in [0.05, 0.1) is 22.6 Å². The number of anilines is 1. The number of benzene rings is 3. The molecule has 2 N–H and O–H groups in total. The first-order valence-electron chi connectivity index (χ1n) is 9.50. The summed E-state index contributed by atoms with van der Waals surface area (Å²) < 4.78 is 59.6.